The number of hydrogen-bond acceptors (Lipinski definition) is 4. The molecular weight excluding hydrogens is 575 g/mol. The van der Waals surface area contributed by atoms with E-state index in [-0.39, 0.29) is 28.9 Å². The number of carbonyl (C=O) groups excluding carboxylic acids is 1. The third kappa shape index (κ3) is 8.84. The summed E-state index contributed by atoms with van der Waals surface area (Å²) in [5.74, 6) is -0.366. The van der Waals surface area contributed by atoms with Crippen molar-refractivity contribution in [3.63, 3.8) is 0 Å². The number of benzene rings is 3. The van der Waals surface area contributed by atoms with Gasteiger partial charge >= 0.3 is 6.09 Å². The number of allylic oxidation sites excluding steroid dienone is 2. The van der Waals surface area contributed by atoms with Gasteiger partial charge in [-0.15, -0.1) is 0 Å². The Morgan fingerprint density at radius 2 is 1.27 bits per heavy atom. The van der Waals surface area contributed by atoms with Gasteiger partial charge in [0.05, 0.1) is 12.7 Å². The lowest BCUT2D eigenvalue weighted by Crippen LogP contribution is -2.51. The van der Waals surface area contributed by atoms with Crippen molar-refractivity contribution in [3.05, 3.63) is 132 Å². The zero-order valence-corrected chi connectivity index (χ0v) is 29.4. The molecule has 0 aliphatic heterocycles. The Morgan fingerprint density at radius 1 is 0.822 bits per heavy atom. The Labute approximate surface area is 272 Å². The van der Waals surface area contributed by atoms with Crippen LogP contribution < -0.4 is 5.73 Å². The largest absolute Gasteiger partial charge is 0.445 e. The highest BCUT2D eigenvalue weighted by atomic mass is 28.4. The summed E-state index contributed by atoms with van der Waals surface area (Å²) in [5.41, 5.74) is 7.89. The Morgan fingerprint density at radius 3 is 1.64 bits per heavy atom. The van der Waals surface area contributed by atoms with Crippen LogP contribution >= 0.6 is 0 Å². The first-order chi connectivity index (χ1) is 21.2. The van der Waals surface area contributed by atoms with Gasteiger partial charge in [0.1, 0.15) is 11.7 Å². The first kappa shape index (κ1) is 36.0. The summed E-state index contributed by atoms with van der Waals surface area (Å²) in [4.78, 5) is 12.2. The Bertz CT molecular complexity index is 1270. The molecule has 0 unspecified atom stereocenters. The maximum absolute atomic E-state index is 12.2. The van der Waals surface area contributed by atoms with Crippen LogP contribution in [0.1, 0.15) is 58.2 Å². The normalized spacial score (nSPS) is 16.0. The molecule has 242 valence electrons. The van der Waals surface area contributed by atoms with E-state index in [1.807, 2.05) is 37.3 Å². The van der Waals surface area contributed by atoms with E-state index in [0.717, 1.165) is 16.7 Å². The lowest BCUT2D eigenvalue weighted by atomic mass is 9.79. The molecule has 0 spiro atoms. The summed E-state index contributed by atoms with van der Waals surface area (Å²) in [6.07, 6.45) is 4.01. The molecule has 0 aromatic heterocycles. The van der Waals surface area contributed by atoms with Crippen molar-refractivity contribution < 1.29 is 18.7 Å². The van der Waals surface area contributed by atoms with Crippen LogP contribution in [0.2, 0.25) is 18.1 Å². The van der Waals surface area contributed by atoms with Gasteiger partial charge in [0.15, 0.2) is 8.32 Å². The minimum Gasteiger partial charge on any atom is -0.445 e. The van der Waals surface area contributed by atoms with Gasteiger partial charge in [-0.25, -0.2) is 4.79 Å². The molecule has 0 aliphatic carbocycles. The van der Waals surface area contributed by atoms with Crippen molar-refractivity contribution in [3.8, 4) is 0 Å². The molecule has 0 aliphatic rings. The number of ether oxygens (including phenoxy) is 2. The van der Waals surface area contributed by atoms with Crippen molar-refractivity contribution in [1.82, 2.24) is 0 Å². The van der Waals surface area contributed by atoms with Crippen molar-refractivity contribution in [2.45, 2.75) is 77.5 Å². The Balaban J connectivity index is 2.12. The van der Waals surface area contributed by atoms with Crippen LogP contribution in [0.4, 0.5) is 4.79 Å². The molecule has 3 aromatic carbocycles. The van der Waals surface area contributed by atoms with Gasteiger partial charge in [-0.2, -0.15) is 0 Å². The third-order valence-corrected chi connectivity index (χ3v) is 13.7. The summed E-state index contributed by atoms with van der Waals surface area (Å²) in [6.45, 7) is 21.7. The van der Waals surface area contributed by atoms with Crippen LogP contribution in [0.3, 0.4) is 0 Å². The van der Waals surface area contributed by atoms with E-state index in [2.05, 4.69) is 127 Å². The molecule has 45 heavy (non-hydrogen) atoms. The molecule has 3 aromatic rings. The maximum atomic E-state index is 12.2. The molecule has 0 bridgehead atoms. The summed E-state index contributed by atoms with van der Waals surface area (Å²) in [7, 11) is -2.27. The summed E-state index contributed by atoms with van der Waals surface area (Å²) >= 11 is 0. The van der Waals surface area contributed by atoms with E-state index in [1.165, 1.54) is 0 Å². The molecule has 6 heteroatoms. The number of nitrogens with two attached hydrogens (primary N) is 1. The summed E-state index contributed by atoms with van der Waals surface area (Å²) in [6, 6.07) is 31.2. The second-order valence-corrected chi connectivity index (χ2v) is 18.4. The topological polar surface area (TPSA) is 70.8 Å². The zero-order chi connectivity index (χ0) is 33.3. The van der Waals surface area contributed by atoms with Crippen LogP contribution in [-0.4, -0.2) is 33.2 Å². The van der Waals surface area contributed by atoms with Gasteiger partial charge in [0.2, 0.25) is 0 Å². The van der Waals surface area contributed by atoms with Gasteiger partial charge in [0.25, 0.3) is 0 Å². The minimum atomic E-state index is -2.27. The van der Waals surface area contributed by atoms with Gasteiger partial charge in [0, 0.05) is 17.8 Å². The van der Waals surface area contributed by atoms with E-state index in [9.17, 15) is 4.79 Å². The number of rotatable bonds is 15. The van der Waals surface area contributed by atoms with Crippen LogP contribution in [0, 0.1) is 17.8 Å². The average molecular weight is 628 g/mol. The van der Waals surface area contributed by atoms with Crippen molar-refractivity contribution in [2.75, 3.05) is 6.61 Å². The van der Waals surface area contributed by atoms with Gasteiger partial charge in [-0.3, -0.25) is 0 Å². The zero-order valence-electron chi connectivity index (χ0n) is 28.4. The van der Waals surface area contributed by atoms with E-state index in [0.29, 0.717) is 6.61 Å². The molecule has 1 amide bonds. The number of primary amides is 1. The van der Waals surface area contributed by atoms with Crippen molar-refractivity contribution >= 4 is 14.4 Å². The number of carbonyl (C=O) groups is 1. The molecule has 0 radical (unpaired) electrons. The molecule has 0 fully saturated rings. The molecule has 3 rings (SSSR count). The molecule has 2 N–H and O–H groups in total. The molecule has 5 nitrogen and oxygen atoms in total. The quantitative estimate of drug-likeness (QED) is 0.103. The maximum Gasteiger partial charge on any atom is 0.404 e. The second kappa shape index (κ2) is 15.7. The highest BCUT2D eigenvalue weighted by Crippen LogP contribution is 2.43. The lowest BCUT2D eigenvalue weighted by molar-refractivity contribution is -0.0639. The summed E-state index contributed by atoms with van der Waals surface area (Å²) < 4.78 is 20.3. The predicted octanol–water partition coefficient (Wildman–Crippen LogP) is 9.50. The van der Waals surface area contributed by atoms with Crippen LogP contribution in [0.5, 0.6) is 0 Å². The van der Waals surface area contributed by atoms with Gasteiger partial charge in [-0.05, 0) is 34.8 Å². The molecule has 0 heterocycles. The molecule has 0 saturated heterocycles. The average Bonchev–Trinajstić information content (AvgIpc) is 3.02. The number of amides is 1. The minimum absolute atomic E-state index is 0.0260. The highest BCUT2D eigenvalue weighted by molar-refractivity contribution is 6.74. The van der Waals surface area contributed by atoms with Gasteiger partial charge < -0.3 is 19.6 Å². The van der Waals surface area contributed by atoms with E-state index < -0.39 is 26.1 Å². The second-order valence-electron chi connectivity index (χ2n) is 13.7. The SMILES string of the molecule is C=C/C=C\[C@H](C)[C@H](OC(N)=O)[C@@H](C)[C@H](O[Si](C)(C)C(C)(C)C)[C@@H](C)COC(c1ccccc1)(c1ccccc1)c1ccccc1. The standard InChI is InChI=1S/C39H53NO4Si/c1-10-11-21-29(2)35(43-37(40)41)31(4)36(44-45(8,9)38(5,6)7)30(3)28-42-39(32-22-15-12-16-23-32,33-24-17-13-18-25-33)34-26-19-14-20-27-34/h10-27,29-31,35-36H,1,28H2,2-9H3,(H2,40,41)/b21-11-/t29-,30-,31+,35-,36+/m0/s1. The first-order valence-electron chi connectivity index (χ1n) is 16.0. The lowest BCUT2D eigenvalue weighted by Gasteiger charge is -2.45. The van der Waals surface area contributed by atoms with Crippen molar-refractivity contribution in [1.29, 1.82) is 0 Å². The smallest absolute Gasteiger partial charge is 0.404 e. The van der Waals surface area contributed by atoms with Gasteiger partial charge in [-0.1, -0.05) is 157 Å². The van der Waals surface area contributed by atoms with E-state index in [4.69, 9.17) is 19.6 Å². The van der Waals surface area contributed by atoms with E-state index in [1.54, 1.807) is 6.08 Å². The molecular formula is C39H53NO4Si. The number of hydrogen-bond donors (Lipinski definition) is 1. The Kier molecular flexibility index (Phi) is 12.6. The van der Waals surface area contributed by atoms with Crippen LogP contribution in [0.15, 0.2) is 116 Å². The fraction of sp³-hybridized carbons (Fsp3) is 0.410. The molecule has 0 saturated carbocycles. The Hall–Kier alpha value is -3.45. The monoisotopic (exact) mass is 627 g/mol. The summed E-state index contributed by atoms with van der Waals surface area (Å²) in [5, 5.41) is -0.0260. The fourth-order valence-electron chi connectivity index (χ4n) is 5.76. The fourth-order valence-corrected chi connectivity index (χ4v) is 7.24. The predicted molar refractivity (Wildman–Crippen MR) is 189 cm³/mol. The third-order valence-electron chi connectivity index (χ3n) is 9.26. The van der Waals surface area contributed by atoms with Crippen molar-refractivity contribution in [2.24, 2.45) is 23.5 Å². The van der Waals surface area contributed by atoms with Crippen LogP contribution in [0.25, 0.3) is 0 Å². The van der Waals surface area contributed by atoms with Crippen LogP contribution in [-0.2, 0) is 19.5 Å². The van der Waals surface area contributed by atoms with E-state index >= 15 is 0 Å². The highest BCUT2D eigenvalue weighted by Gasteiger charge is 2.45. The molecule has 5 atom stereocenters. The first-order valence-corrected chi connectivity index (χ1v) is 18.9.